The Kier molecular flexibility index (Phi) is 5.63. The van der Waals surface area contributed by atoms with Gasteiger partial charge in [-0.25, -0.2) is 0 Å². The highest BCUT2D eigenvalue weighted by Gasteiger charge is 2.16. The number of fused-ring (bicyclic) bond motifs is 1. The summed E-state index contributed by atoms with van der Waals surface area (Å²) in [5.74, 6) is 1.44. The second-order valence-electron chi connectivity index (χ2n) is 6.08. The van der Waals surface area contributed by atoms with Gasteiger partial charge in [0.1, 0.15) is 0 Å². The number of rotatable bonds is 6. The Bertz CT molecular complexity index is 687. The fraction of sp³-hybridized carbons (Fsp3) is 0.500. The van der Waals surface area contributed by atoms with E-state index in [2.05, 4.69) is 36.1 Å². The van der Waals surface area contributed by atoms with Crippen LogP contribution in [-0.4, -0.2) is 41.5 Å². The molecule has 1 aliphatic heterocycles. The van der Waals surface area contributed by atoms with Crippen molar-refractivity contribution < 1.29 is 9.47 Å². The van der Waals surface area contributed by atoms with E-state index in [9.17, 15) is 0 Å². The maximum Gasteiger partial charge on any atom is 0.179 e. The van der Waals surface area contributed by atoms with Gasteiger partial charge in [-0.2, -0.15) is 5.10 Å². The molecular formula is C18H24ClN3O2. The van der Waals surface area contributed by atoms with Gasteiger partial charge in [-0.05, 0) is 44.2 Å². The first kappa shape index (κ1) is 17.1. The summed E-state index contributed by atoms with van der Waals surface area (Å²) < 4.78 is 13.5. The highest BCUT2D eigenvalue weighted by atomic mass is 35.5. The van der Waals surface area contributed by atoms with Gasteiger partial charge < -0.3 is 14.4 Å². The fourth-order valence-corrected chi connectivity index (χ4v) is 3.17. The predicted octanol–water partition coefficient (Wildman–Crippen LogP) is 3.39. The lowest BCUT2D eigenvalue weighted by molar-refractivity contribution is 0.297. The lowest BCUT2D eigenvalue weighted by Crippen LogP contribution is -2.22. The summed E-state index contributed by atoms with van der Waals surface area (Å²) in [5.41, 5.74) is 2.40. The molecule has 1 aliphatic rings. The maximum absolute atomic E-state index is 6.36. The van der Waals surface area contributed by atoms with Gasteiger partial charge in [-0.1, -0.05) is 11.6 Å². The highest BCUT2D eigenvalue weighted by molar-refractivity contribution is 6.32. The van der Waals surface area contributed by atoms with E-state index in [1.165, 1.54) is 11.3 Å². The molecule has 0 N–H and O–H groups in total. The third-order valence-corrected chi connectivity index (χ3v) is 4.46. The molecule has 1 aromatic carbocycles. The van der Waals surface area contributed by atoms with Crippen LogP contribution in [-0.2, 0) is 19.5 Å². The molecule has 5 nitrogen and oxygen atoms in total. The van der Waals surface area contributed by atoms with Crippen LogP contribution in [0.3, 0.4) is 0 Å². The number of benzene rings is 1. The Morgan fingerprint density at radius 1 is 1.29 bits per heavy atom. The molecule has 1 aromatic heterocycles. The van der Waals surface area contributed by atoms with Gasteiger partial charge >= 0.3 is 0 Å². The summed E-state index contributed by atoms with van der Waals surface area (Å²) in [7, 11) is 2.12. The summed E-state index contributed by atoms with van der Waals surface area (Å²) in [6, 6.07) is 6.11. The van der Waals surface area contributed by atoms with Crippen molar-refractivity contribution in [3.63, 3.8) is 0 Å². The number of hydrogen-bond acceptors (Lipinski definition) is 4. The molecule has 0 aliphatic carbocycles. The quantitative estimate of drug-likeness (QED) is 0.801. The predicted molar refractivity (Wildman–Crippen MR) is 95.0 cm³/mol. The zero-order chi connectivity index (χ0) is 16.9. The monoisotopic (exact) mass is 349 g/mol. The Labute approximate surface area is 148 Å². The molecule has 6 heteroatoms. The minimum absolute atomic E-state index is 0.635. The smallest absolute Gasteiger partial charge is 0.179 e. The Morgan fingerprint density at radius 3 is 2.96 bits per heavy atom. The molecule has 130 valence electrons. The average Bonchev–Trinajstić information content (AvgIpc) is 2.87. The van der Waals surface area contributed by atoms with Crippen molar-refractivity contribution in [2.45, 2.75) is 32.9 Å². The molecular weight excluding hydrogens is 326 g/mol. The van der Waals surface area contributed by atoms with E-state index in [1.54, 1.807) is 0 Å². The molecule has 0 saturated heterocycles. The minimum Gasteiger partial charge on any atom is -0.489 e. The number of nitrogens with zero attached hydrogens (tertiary/aromatic N) is 3. The van der Waals surface area contributed by atoms with Crippen LogP contribution in [0.4, 0.5) is 0 Å². The van der Waals surface area contributed by atoms with Crippen LogP contribution in [0.5, 0.6) is 11.5 Å². The van der Waals surface area contributed by atoms with Crippen molar-refractivity contribution >= 4 is 11.6 Å². The van der Waals surface area contributed by atoms with Crippen LogP contribution in [0.1, 0.15) is 24.6 Å². The number of aryl methyl sites for hydroxylation is 1. The van der Waals surface area contributed by atoms with E-state index in [-0.39, 0.29) is 0 Å². The molecule has 0 spiro atoms. The summed E-state index contributed by atoms with van der Waals surface area (Å²) in [5, 5.41) is 4.95. The third kappa shape index (κ3) is 4.02. The van der Waals surface area contributed by atoms with Gasteiger partial charge in [0.15, 0.2) is 11.5 Å². The SMILES string of the molecule is CCn1nccc1CN(C)CCc1cc(Cl)c2c(c1)OCCCO2. The molecule has 24 heavy (non-hydrogen) atoms. The first-order valence-corrected chi connectivity index (χ1v) is 8.82. The number of aromatic nitrogens is 2. The van der Waals surface area contributed by atoms with E-state index in [1.807, 2.05) is 16.9 Å². The Hall–Kier alpha value is -1.72. The topological polar surface area (TPSA) is 39.5 Å². The van der Waals surface area contributed by atoms with Crippen LogP contribution in [0.25, 0.3) is 0 Å². The first-order chi connectivity index (χ1) is 11.7. The molecule has 2 heterocycles. The van der Waals surface area contributed by atoms with Crippen molar-refractivity contribution in [2.24, 2.45) is 0 Å². The number of likely N-dealkylation sites (N-methyl/N-ethyl adjacent to an activating group) is 1. The molecule has 0 unspecified atom stereocenters. The second kappa shape index (κ2) is 7.90. The van der Waals surface area contributed by atoms with Crippen LogP contribution in [0.2, 0.25) is 5.02 Å². The van der Waals surface area contributed by atoms with E-state index in [0.717, 1.165) is 38.2 Å². The summed E-state index contributed by atoms with van der Waals surface area (Å²) in [6.45, 7) is 6.15. The molecule has 0 radical (unpaired) electrons. The van der Waals surface area contributed by atoms with E-state index in [0.29, 0.717) is 24.0 Å². The molecule has 0 atom stereocenters. The van der Waals surface area contributed by atoms with Crippen molar-refractivity contribution in [2.75, 3.05) is 26.8 Å². The first-order valence-electron chi connectivity index (χ1n) is 8.44. The molecule has 2 aromatic rings. The van der Waals surface area contributed by atoms with Gasteiger partial charge in [-0.15, -0.1) is 0 Å². The van der Waals surface area contributed by atoms with Gasteiger partial charge in [0.2, 0.25) is 0 Å². The minimum atomic E-state index is 0.635. The second-order valence-corrected chi connectivity index (χ2v) is 6.49. The molecule has 0 bridgehead atoms. The highest BCUT2D eigenvalue weighted by Crippen LogP contribution is 2.38. The lowest BCUT2D eigenvalue weighted by atomic mass is 10.1. The van der Waals surface area contributed by atoms with E-state index < -0.39 is 0 Å². The van der Waals surface area contributed by atoms with Crippen molar-refractivity contribution in [1.29, 1.82) is 0 Å². The number of hydrogen-bond donors (Lipinski definition) is 0. The average molecular weight is 350 g/mol. The summed E-state index contributed by atoms with van der Waals surface area (Å²) in [4.78, 5) is 2.29. The number of halogens is 1. The van der Waals surface area contributed by atoms with E-state index in [4.69, 9.17) is 21.1 Å². The Morgan fingerprint density at radius 2 is 2.12 bits per heavy atom. The van der Waals surface area contributed by atoms with Crippen molar-refractivity contribution in [1.82, 2.24) is 14.7 Å². The molecule has 3 rings (SSSR count). The van der Waals surface area contributed by atoms with Crippen LogP contribution < -0.4 is 9.47 Å². The zero-order valence-corrected chi connectivity index (χ0v) is 15.1. The standard InChI is InChI=1S/C18H24ClN3O2/c1-3-22-15(5-7-20-22)13-21(2)8-6-14-11-16(19)18-17(12-14)23-9-4-10-24-18/h5,7,11-12H,3-4,6,8-10,13H2,1-2H3. The van der Waals surface area contributed by atoms with Crippen LogP contribution in [0, 0.1) is 0 Å². The van der Waals surface area contributed by atoms with E-state index >= 15 is 0 Å². The summed E-state index contributed by atoms with van der Waals surface area (Å²) >= 11 is 6.36. The zero-order valence-electron chi connectivity index (χ0n) is 14.3. The molecule has 0 amide bonds. The maximum atomic E-state index is 6.36. The van der Waals surface area contributed by atoms with Gasteiger partial charge in [0.25, 0.3) is 0 Å². The van der Waals surface area contributed by atoms with Gasteiger partial charge in [0.05, 0.1) is 23.9 Å². The fourth-order valence-electron chi connectivity index (χ4n) is 2.88. The van der Waals surface area contributed by atoms with Gasteiger partial charge in [-0.3, -0.25) is 4.68 Å². The largest absolute Gasteiger partial charge is 0.489 e. The normalized spacial score (nSPS) is 14.0. The Balaban J connectivity index is 1.62. The van der Waals surface area contributed by atoms with Crippen LogP contribution >= 0.6 is 11.6 Å². The van der Waals surface area contributed by atoms with Crippen molar-refractivity contribution in [3.05, 3.63) is 40.7 Å². The molecule has 0 fully saturated rings. The summed E-state index contributed by atoms with van der Waals surface area (Å²) in [6.07, 6.45) is 3.65. The van der Waals surface area contributed by atoms with Crippen molar-refractivity contribution in [3.8, 4) is 11.5 Å². The lowest BCUT2D eigenvalue weighted by Gasteiger charge is -2.18. The van der Waals surface area contributed by atoms with Crippen LogP contribution in [0.15, 0.2) is 24.4 Å². The third-order valence-electron chi connectivity index (χ3n) is 4.18. The number of ether oxygens (including phenoxy) is 2. The molecule has 0 saturated carbocycles. The van der Waals surface area contributed by atoms with Gasteiger partial charge in [0, 0.05) is 32.3 Å².